The summed E-state index contributed by atoms with van der Waals surface area (Å²) >= 11 is 0. The molecule has 70 valence electrons. The van der Waals surface area contributed by atoms with Gasteiger partial charge in [0.15, 0.2) is 0 Å². The predicted molar refractivity (Wildman–Crippen MR) is 44.2 cm³/mol. The van der Waals surface area contributed by atoms with Crippen molar-refractivity contribution in [2.45, 2.75) is 18.9 Å². The first-order chi connectivity index (χ1) is 5.96. The van der Waals surface area contributed by atoms with Crippen molar-refractivity contribution in [3.05, 3.63) is 44.2 Å². The molecule has 0 amide bonds. The first kappa shape index (κ1) is 9.37. The summed E-state index contributed by atoms with van der Waals surface area (Å²) in [4.78, 5) is 19.7. The van der Waals surface area contributed by atoms with E-state index in [1.807, 2.05) is 0 Å². The van der Waals surface area contributed by atoms with Crippen LogP contribution < -0.4 is 0 Å². The largest absolute Gasteiger partial charge is 0.272 e. The summed E-state index contributed by atoms with van der Waals surface area (Å²) in [7, 11) is 0. The molecular formula is C7H8N2O4. The van der Waals surface area contributed by atoms with Gasteiger partial charge in [0.25, 0.3) is 5.70 Å². The van der Waals surface area contributed by atoms with Crippen molar-refractivity contribution in [2.24, 2.45) is 0 Å². The molecule has 0 aliphatic heterocycles. The molecule has 0 spiro atoms. The smallest absolute Gasteiger partial charge is 0.264 e. The Labute approximate surface area is 73.8 Å². The van der Waals surface area contributed by atoms with Crippen LogP contribution in [0.25, 0.3) is 0 Å². The molecule has 6 nitrogen and oxygen atoms in total. The van der Waals surface area contributed by atoms with Crippen molar-refractivity contribution in [1.82, 2.24) is 0 Å². The number of hydrogen-bond donors (Lipinski definition) is 0. The average molecular weight is 184 g/mol. The Bertz CT molecular complexity index is 320. The van der Waals surface area contributed by atoms with Crippen LogP contribution in [0.3, 0.4) is 0 Å². The Kier molecular flexibility index (Phi) is 2.14. The van der Waals surface area contributed by atoms with Crippen molar-refractivity contribution in [1.29, 1.82) is 0 Å². The van der Waals surface area contributed by atoms with Crippen LogP contribution >= 0.6 is 0 Å². The molecule has 1 unspecified atom stereocenters. The molecule has 1 rings (SSSR count). The average Bonchev–Trinajstić information content (AvgIpc) is 2.04. The van der Waals surface area contributed by atoms with Gasteiger partial charge in [0.1, 0.15) is 0 Å². The van der Waals surface area contributed by atoms with E-state index < -0.39 is 15.4 Å². The van der Waals surface area contributed by atoms with E-state index in [1.54, 1.807) is 0 Å². The molecule has 0 bridgehead atoms. The first-order valence-electron chi connectivity index (χ1n) is 3.64. The van der Waals surface area contributed by atoms with E-state index in [1.165, 1.54) is 19.1 Å². The maximum absolute atomic E-state index is 10.5. The fourth-order valence-corrected chi connectivity index (χ4v) is 1.08. The zero-order valence-electron chi connectivity index (χ0n) is 6.97. The Morgan fingerprint density at radius 2 is 2.08 bits per heavy atom. The van der Waals surface area contributed by atoms with Gasteiger partial charge in [-0.2, -0.15) is 0 Å². The standard InChI is InChI=1S/C7H8N2O4/c1-7(9(12)13)4-2-3-6(5-7)8(10)11/h2-3,5H,4H2,1H3. The number of nitrogens with zero attached hydrogens (tertiary/aromatic N) is 2. The Morgan fingerprint density at radius 3 is 2.54 bits per heavy atom. The van der Waals surface area contributed by atoms with E-state index in [9.17, 15) is 20.2 Å². The van der Waals surface area contributed by atoms with Crippen molar-refractivity contribution >= 4 is 0 Å². The van der Waals surface area contributed by atoms with Gasteiger partial charge in [0.2, 0.25) is 5.54 Å². The van der Waals surface area contributed by atoms with Crippen molar-refractivity contribution in [2.75, 3.05) is 0 Å². The van der Waals surface area contributed by atoms with Gasteiger partial charge < -0.3 is 0 Å². The molecule has 0 heterocycles. The van der Waals surface area contributed by atoms with Crippen LogP contribution in [0.5, 0.6) is 0 Å². The zero-order valence-corrected chi connectivity index (χ0v) is 6.97. The van der Waals surface area contributed by atoms with Crippen molar-refractivity contribution in [3.63, 3.8) is 0 Å². The van der Waals surface area contributed by atoms with Crippen LogP contribution in [0.15, 0.2) is 23.9 Å². The molecule has 0 saturated carbocycles. The second-order valence-corrected chi connectivity index (χ2v) is 3.05. The molecule has 0 radical (unpaired) electrons. The summed E-state index contributed by atoms with van der Waals surface area (Å²) in [6.45, 7) is 1.36. The number of nitro groups is 2. The second-order valence-electron chi connectivity index (χ2n) is 3.05. The maximum atomic E-state index is 10.5. The molecule has 0 saturated heterocycles. The third-order valence-corrected chi connectivity index (χ3v) is 1.91. The first-order valence-corrected chi connectivity index (χ1v) is 3.64. The third kappa shape index (κ3) is 1.71. The summed E-state index contributed by atoms with van der Waals surface area (Å²) in [5, 5.41) is 20.9. The minimum absolute atomic E-state index is 0.192. The highest BCUT2D eigenvalue weighted by atomic mass is 16.6. The highest BCUT2D eigenvalue weighted by Crippen LogP contribution is 2.24. The second kappa shape index (κ2) is 2.96. The Hall–Kier alpha value is -1.72. The highest BCUT2D eigenvalue weighted by Gasteiger charge is 2.38. The summed E-state index contributed by atoms with van der Waals surface area (Å²) in [5.41, 5.74) is -1.55. The van der Waals surface area contributed by atoms with Crippen LogP contribution in [0.2, 0.25) is 0 Å². The number of hydrogen-bond acceptors (Lipinski definition) is 4. The zero-order chi connectivity index (χ0) is 10.1. The molecule has 0 aromatic heterocycles. The monoisotopic (exact) mass is 184 g/mol. The van der Waals surface area contributed by atoms with E-state index in [2.05, 4.69) is 0 Å². The van der Waals surface area contributed by atoms with Crippen LogP contribution in [0.4, 0.5) is 0 Å². The molecule has 1 atom stereocenters. The van der Waals surface area contributed by atoms with E-state index in [4.69, 9.17) is 0 Å². The molecule has 0 aromatic carbocycles. The van der Waals surface area contributed by atoms with Crippen LogP contribution in [-0.2, 0) is 0 Å². The lowest BCUT2D eigenvalue weighted by Gasteiger charge is -2.16. The highest BCUT2D eigenvalue weighted by molar-refractivity contribution is 5.22. The SMILES string of the molecule is CC1([N+](=O)[O-])C=C([N+](=O)[O-])C=CC1. The van der Waals surface area contributed by atoms with Gasteiger partial charge in [-0.1, -0.05) is 6.08 Å². The van der Waals surface area contributed by atoms with Crippen molar-refractivity contribution < 1.29 is 9.85 Å². The van der Waals surface area contributed by atoms with Crippen molar-refractivity contribution in [3.8, 4) is 0 Å². The number of allylic oxidation sites excluding steroid dienone is 1. The minimum atomic E-state index is -1.34. The lowest BCUT2D eigenvalue weighted by atomic mass is 9.93. The van der Waals surface area contributed by atoms with E-state index >= 15 is 0 Å². The topological polar surface area (TPSA) is 86.3 Å². The molecular weight excluding hydrogens is 176 g/mol. The van der Waals surface area contributed by atoms with Gasteiger partial charge in [-0.05, 0) is 0 Å². The minimum Gasteiger partial charge on any atom is -0.264 e. The fraction of sp³-hybridized carbons (Fsp3) is 0.429. The summed E-state index contributed by atoms with van der Waals surface area (Å²) in [6.07, 6.45) is 4.00. The number of rotatable bonds is 2. The Morgan fingerprint density at radius 1 is 1.46 bits per heavy atom. The molecule has 13 heavy (non-hydrogen) atoms. The fourth-order valence-electron chi connectivity index (χ4n) is 1.08. The van der Waals surface area contributed by atoms with Crippen LogP contribution in [0, 0.1) is 20.2 Å². The summed E-state index contributed by atoms with van der Waals surface area (Å²) in [5.74, 6) is 0. The maximum Gasteiger partial charge on any atom is 0.272 e. The van der Waals surface area contributed by atoms with E-state index in [-0.39, 0.29) is 12.1 Å². The predicted octanol–water partition coefficient (Wildman–Crippen LogP) is 1.14. The Balaban J connectivity index is 3.02. The van der Waals surface area contributed by atoms with Crippen LogP contribution in [-0.4, -0.2) is 15.4 Å². The quantitative estimate of drug-likeness (QED) is 0.475. The molecule has 0 N–H and O–H groups in total. The van der Waals surface area contributed by atoms with Gasteiger partial charge in [-0.25, -0.2) is 0 Å². The van der Waals surface area contributed by atoms with Gasteiger partial charge in [0, 0.05) is 24.3 Å². The van der Waals surface area contributed by atoms with Gasteiger partial charge in [-0.3, -0.25) is 20.2 Å². The van der Waals surface area contributed by atoms with Gasteiger partial charge in [0.05, 0.1) is 11.0 Å². The molecule has 6 heteroatoms. The lowest BCUT2D eigenvalue weighted by Crippen LogP contribution is -2.34. The van der Waals surface area contributed by atoms with E-state index in [0.717, 1.165) is 6.08 Å². The third-order valence-electron chi connectivity index (χ3n) is 1.91. The van der Waals surface area contributed by atoms with E-state index in [0.29, 0.717) is 0 Å². The molecule has 1 aliphatic rings. The summed E-state index contributed by atoms with van der Waals surface area (Å²) in [6, 6.07) is 0. The van der Waals surface area contributed by atoms with Gasteiger partial charge >= 0.3 is 0 Å². The lowest BCUT2D eigenvalue weighted by molar-refractivity contribution is -0.551. The van der Waals surface area contributed by atoms with Gasteiger partial charge in [-0.15, -0.1) is 0 Å². The van der Waals surface area contributed by atoms with Crippen LogP contribution in [0.1, 0.15) is 13.3 Å². The molecule has 1 aliphatic carbocycles. The molecule has 0 aromatic rings. The molecule has 0 fully saturated rings. The normalized spacial score (nSPS) is 26.7. The summed E-state index contributed by atoms with van der Waals surface area (Å²) < 4.78 is 0.